The van der Waals surface area contributed by atoms with Crippen LogP contribution in [0.4, 0.5) is 0 Å². The van der Waals surface area contributed by atoms with Crippen LogP contribution in [0.15, 0.2) is 35.6 Å². The highest BCUT2D eigenvalue weighted by molar-refractivity contribution is 5.89. The molecule has 1 aromatic heterocycles. The van der Waals surface area contributed by atoms with Crippen molar-refractivity contribution >= 4 is 34.4 Å². The first-order valence-corrected chi connectivity index (χ1v) is 16.3. The van der Waals surface area contributed by atoms with Gasteiger partial charge in [-0.15, -0.1) is 0 Å². The van der Waals surface area contributed by atoms with Crippen molar-refractivity contribution in [1.82, 2.24) is 15.6 Å². The summed E-state index contributed by atoms with van der Waals surface area (Å²) in [6.45, 7) is 4.15. The molecule has 10 nitrogen and oxygen atoms in total. The molecule has 4 saturated carbocycles. The maximum Gasteiger partial charge on any atom is 0.326 e. The molecule has 0 bridgehead atoms. The van der Waals surface area contributed by atoms with Crippen LogP contribution in [0.1, 0.15) is 77.2 Å². The van der Waals surface area contributed by atoms with Gasteiger partial charge in [0.1, 0.15) is 6.04 Å². The lowest BCUT2D eigenvalue weighted by Crippen LogP contribution is -2.54. The zero-order valence-electron chi connectivity index (χ0n) is 25.8. The second-order valence-electron chi connectivity index (χ2n) is 14.2. The van der Waals surface area contributed by atoms with Crippen LogP contribution in [0.2, 0.25) is 0 Å². The molecule has 8 unspecified atom stereocenters. The summed E-state index contributed by atoms with van der Waals surface area (Å²) in [7, 11) is 0. The van der Waals surface area contributed by atoms with Gasteiger partial charge < -0.3 is 30.7 Å². The lowest BCUT2D eigenvalue weighted by molar-refractivity contribution is -0.141. The van der Waals surface area contributed by atoms with Crippen LogP contribution in [0.5, 0.6) is 0 Å². The second-order valence-corrected chi connectivity index (χ2v) is 14.2. The molecular weight excluding hydrogens is 560 g/mol. The van der Waals surface area contributed by atoms with E-state index in [-0.39, 0.29) is 36.5 Å². The molecule has 1 aromatic carbocycles. The Balaban J connectivity index is 0.951. The van der Waals surface area contributed by atoms with Crippen LogP contribution in [0, 0.1) is 34.5 Å². The Kier molecular flexibility index (Phi) is 8.48. The van der Waals surface area contributed by atoms with Crippen molar-refractivity contribution in [3.8, 4) is 0 Å². The molecule has 4 aliphatic carbocycles. The molecule has 0 radical (unpaired) electrons. The molecular formula is C34H46N4O6. The van der Waals surface area contributed by atoms with E-state index in [2.05, 4.69) is 34.6 Å². The molecule has 10 heteroatoms. The minimum absolute atomic E-state index is 0.0939. The molecule has 5 N–H and O–H groups in total. The number of nitrogens with one attached hydrogen (secondary N) is 3. The monoisotopic (exact) mass is 606 g/mol. The van der Waals surface area contributed by atoms with E-state index in [1.165, 1.54) is 19.3 Å². The van der Waals surface area contributed by atoms with Crippen molar-refractivity contribution in [3.63, 3.8) is 0 Å². The normalized spacial score (nSPS) is 34.4. The number of aromatic amines is 1. The number of benzene rings is 1. The molecule has 2 aromatic rings. The first-order chi connectivity index (χ1) is 21.1. The summed E-state index contributed by atoms with van der Waals surface area (Å²) in [5.74, 6) is 0.383. The Hall–Kier alpha value is -3.40. The quantitative estimate of drug-likeness (QED) is 0.270. The number of oxime groups is 1. The van der Waals surface area contributed by atoms with Crippen LogP contribution in [-0.4, -0.2) is 64.0 Å². The van der Waals surface area contributed by atoms with Gasteiger partial charge in [-0.3, -0.25) is 9.59 Å². The van der Waals surface area contributed by atoms with E-state index < -0.39 is 23.8 Å². The van der Waals surface area contributed by atoms with Crippen LogP contribution in [-0.2, 0) is 25.6 Å². The fourth-order valence-electron chi connectivity index (χ4n) is 9.49. The molecule has 0 aliphatic heterocycles. The largest absolute Gasteiger partial charge is 0.480 e. The number of carbonyl (C=O) groups excluding carboxylic acids is 2. The van der Waals surface area contributed by atoms with Gasteiger partial charge in [-0.2, -0.15) is 0 Å². The number of aromatic nitrogens is 1. The summed E-state index contributed by atoms with van der Waals surface area (Å²) in [5, 5.41) is 30.6. The number of carbonyl (C=O) groups is 3. The SMILES string of the molecule is CC12CCC3C(CCC4CC(=NOCC(=O)NCC(=O)NC(Cc5c[nH]c6ccccc56)C(=O)O)CCC43C)C1CCC2O. The van der Waals surface area contributed by atoms with E-state index in [4.69, 9.17) is 4.84 Å². The number of H-pyrrole nitrogens is 1. The van der Waals surface area contributed by atoms with Gasteiger partial charge >= 0.3 is 5.97 Å². The Morgan fingerprint density at radius 1 is 1.05 bits per heavy atom. The Bertz CT molecular complexity index is 1440. The number of aliphatic hydroxyl groups excluding tert-OH is 1. The number of carboxylic acids is 1. The van der Waals surface area contributed by atoms with Crippen molar-refractivity contribution < 1.29 is 29.4 Å². The minimum Gasteiger partial charge on any atom is -0.480 e. The van der Waals surface area contributed by atoms with Crippen molar-refractivity contribution in [3.05, 3.63) is 36.0 Å². The van der Waals surface area contributed by atoms with Gasteiger partial charge in [0.05, 0.1) is 18.4 Å². The molecule has 44 heavy (non-hydrogen) atoms. The minimum atomic E-state index is -1.15. The fourth-order valence-corrected chi connectivity index (χ4v) is 9.49. The van der Waals surface area contributed by atoms with Crippen molar-refractivity contribution in [2.75, 3.05) is 13.2 Å². The summed E-state index contributed by atoms with van der Waals surface area (Å²) in [4.78, 5) is 45.2. The van der Waals surface area contributed by atoms with E-state index in [1.54, 1.807) is 6.20 Å². The number of hydrogen-bond donors (Lipinski definition) is 5. The number of para-hydroxylation sites is 1. The predicted molar refractivity (Wildman–Crippen MR) is 166 cm³/mol. The first-order valence-electron chi connectivity index (χ1n) is 16.3. The van der Waals surface area contributed by atoms with Gasteiger partial charge in [0.2, 0.25) is 5.91 Å². The van der Waals surface area contributed by atoms with Crippen LogP contribution in [0.3, 0.4) is 0 Å². The Morgan fingerprint density at radius 2 is 1.84 bits per heavy atom. The number of aliphatic carboxylic acids is 1. The highest BCUT2D eigenvalue weighted by atomic mass is 16.6. The van der Waals surface area contributed by atoms with Crippen LogP contribution >= 0.6 is 0 Å². The zero-order chi connectivity index (χ0) is 31.1. The molecule has 6 rings (SSSR count). The second kappa shape index (κ2) is 12.2. The van der Waals surface area contributed by atoms with E-state index in [0.29, 0.717) is 23.7 Å². The summed E-state index contributed by atoms with van der Waals surface area (Å²) in [6, 6.07) is 6.44. The molecule has 8 atom stereocenters. The Labute approximate surface area is 258 Å². The molecule has 0 saturated heterocycles. The average molecular weight is 607 g/mol. The topological polar surface area (TPSA) is 153 Å². The van der Waals surface area contributed by atoms with E-state index in [1.807, 2.05) is 24.3 Å². The highest BCUT2D eigenvalue weighted by Crippen LogP contribution is 2.66. The predicted octanol–water partition coefficient (Wildman–Crippen LogP) is 4.17. The number of hydrogen-bond acceptors (Lipinski definition) is 6. The van der Waals surface area contributed by atoms with Crippen molar-refractivity contribution in [1.29, 1.82) is 0 Å². The number of nitrogens with zero attached hydrogens (tertiary/aromatic N) is 1. The van der Waals surface area contributed by atoms with Crippen LogP contribution in [0.25, 0.3) is 10.9 Å². The molecule has 0 spiro atoms. The van der Waals surface area contributed by atoms with Gasteiger partial charge in [0.15, 0.2) is 6.61 Å². The molecule has 4 aliphatic rings. The van der Waals surface area contributed by atoms with E-state index in [0.717, 1.165) is 60.7 Å². The molecule has 238 valence electrons. The van der Waals surface area contributed by atoms with Gasteiger partial charge in [-0.1, -0.05) is 37.2 Å². The lowest BCUT2D eigenvalue weighted by Gasteiger charge is -2.60. The van der Waals surface area contributed by atoms with E-state index in [9.17, 15) is 24.6 Å². The number of rotatable bonds is 9. The number of amides is 2. The lowest BCUT2D eigenvalue weighted by atomic mass is 9.45. The molecule has 1 heterocycles. The maximum atomic E-state index is 12.5. The Morgan fingerprint density at radius 3 is 2.66 bits per heavy atom. The van der Waals surface area contributed by atoms with Gasteiger partial charge in [0, 0.05) is 23.5 Å². The molecule has 2 amide bonds. The van der Waals surface area contributed by atoms with E-state index >= 15 is 0 Å². The van der Waals surface area contributed by atoms with Gasteiger partial charge in [-0.05, 0) is 104 Å². The maximum absolute atomic E-state index is 12.5. The van der Waals surface area contributed by atoms with Crippen LogP contribution < -0.4 is 10.6 Å². The summed E-state index contributed by atoms with van der Waals surface area (Å²) in [5.41, 5.74) is 3.05. The molecule has 4 fully saturated rings. The highest BCUT2D eigenvalue weighted by Gasteiger charge is 2.59. The third-order valence-corrected chi connectivity index (χ3v) is 12.0. The van der Waals surface area contributed by atoms with Gasteiger partial charge in [0.25, 0.3) is 5.91 Å². The summed E-state index contributed by atoms with van der Waals surface area (Å²) in [6.07, 6.45) is 11.4. The summed E-state index contributed by atoms with van der Waals surface area (Å²) >= 11 is 0. The summed E-state index contributed by atoms with van der Waals surface area (Å²) < 4.78 is 0. The number of carboxylic acid groups (broad SMARTS) is 1. The van der Waals surface area contributed by atoms with Crippen molar-refractivity contribution in [2.24, 2.45) is 39.7 Å². The fraction of sp³-hybridized carbons (Fsp3) is 0.647. The third-order valence-electron chi connectivity index (χ3n) is 12.0. The number of fused-ring (bicyclic) bond motifs is 6. The zero-order valence-corrected chi connectivity index (χ0v) is 25.8. The van der Waals surface area contributed by atoms with Crippen molar-refractivity contribution in [2.45, 2.75) is 90.2 Å². The smallest absolute Gasteiger partial charge is 0.326 e. The van der Waals surface area contributed by atoms with Gasteiger partial charge in [-0.25, -0.2) is 4.79 Å². The third kappa shape index (κ3) is 5.73. The standard InChI is InChI=1S/C34H46N4O6/c1-33-13-11-22(16-21(33)7-8-24-25-9-10-29(39)34(25,2)14-12-26(24)33)38-44-19-31(41)36-18-30(40)37-28(32(42)43)15-20-17-35-27-6-4-3-5-23(20)27/h3-6,17,21,24-26,28-29,35,39H,7-16,18-19H2,1-2H3,(H,36,41)(H,37,40)(H,42,43). The number of aliphatic hydroxyl groups is 1. The first kappa shape index (κ1) is 30.6. The average Bonchev–Trinajstić information content (AvgIpc) is 3.55.